The highest BCUT2D eigenvalue weighted by Crippen LogP contribution is 2.21. The van der Waals surface area contributed by atoms with Crippen molar-refractivity contribution >= 4 is 12.0 Å². The zero-order valence-corrected chi connectivity index (χ0v) is 15.4. The number of amides is 2. The van der Waals surface area contributed by atoms with E-state index in [1.807, 2.05) is 40.7 Å². The summed E-state index contributed by atoms with van der Waals surface area (Å²) in [5.74, 6) is 0.340. The first-order valence-corrected chi connectivity index (χ1v) is 8.58. The molecule has 0 unspecified atom stereocenters. The van der Waals surface area contributed by atoms with E-state index in [4.69, 9.17) is 4.74 Å². The standard InChI is InChI=1S/C18H29N3O3/c1-12-10-13(2)20-15(12)16(22)19-8-6-14-7-9-21(11-14)17(23)24-18(3,4)5/h10,14,20H,6-9,11H2,1-5H3,(H,19,22)/t14-/m1/s1. The number of ether oxygens (including phenoxy) is 1. The van der Waals surface area contributed by atoms with Crippen LogP contribution in [0.1, 0.15) is 55.4 Å². The average molecular weight is 335 g/mol. The van der Waals surface area contributed by atoms with Crippen molar-refractivity contribution in [3.05, 3.63) is 23.0 Å². The number of rotatable bonds is 4. The molecule has 0 aliphatic carbocycles. The molecular formula is C18H29N3O3. The quantitative estimate of drug-likeness (QED) is 0.888. The van der Waals surface area contributed by atoms with Gasteiger partial charge in [-0.15, -0.1) is 0 Å². The van der Waals surface area contributed by atoms with Crippen LogP contribution in [0.15, 0.2) is 6.07 Å². The van der Waals surface area contributed by atoms with Crippen LogP contribution >= 0.6 is 0 Å². The predicted molar refractivity (Wildman–Crippen MR) is 93.1 cm³/mol. The van der Waals surface area contributed by atoms with E-state index in [1.165, 1.54) is 0 Å². The van der Waals surface area contributed by atoms with Crippen molar-refractivity contribution in [2.75, 3.05) is 19.6 Å². The van der Waals surface area contributed by atoms with Gasteiger partial charge in [-0.25, -0.2) is 4.79 Å². The molecule has 1 atom stereocenters. The van der Waals surface area contributed by atoms with Crippen LogP contribution < -0.4 is 5.32 Å². The number of hydrogen-bond acceptors (Lipinski definition) is 3. The summed E-state index contributed by atoms with van der Waals surface area (Å²) in [4.78, 5) is 29.0. The second-order valence-electron chi connectivity index (χ2n) is 7.64. The molecule has 2 amide bonds. The normalized spacial score (nSPS) is 17.9. The fraction of sp³-hybridized carbons (Fsp3) is 0.667. The Morgan fingerprint density at radius 1 is 1.38 bits per heavy atom. The number of aromatic amines is 1. The Morgan fingerprint density at radius 3 is 2.67 bits per heavy atom. The number of nitrogens with zero attached hydrogens (tertiary/aromatic N) is 1. The minimum Gasteiger partial charge on any atom is -0.444 e. The van der Waals surface area contributed by atoms with Crippen molar-refractivity contribution in [3.63, 3.8) is 0 Å². The Balaban J connectivity index is 1.73. The molecule has 1 aromatic heterocycles. The number of carbonyl (C=O) groups is 2. The first-order chi connectivity index (χ1) is 11.2. The Morgan fingerprint density at radius 2 is 2.08 bits per heavy atom. The van der Waals surface area contributed by atoms with Gasteiger partial charge in [0.15, 0.2) is 0 Å². The molecule has 1 aromatic rings. The Bertz CT molecular complexity index is 601. The molecule has 1 aliphatic rings. The van der Waals surface area contributed by atoms with Crippen LogP contribution in [0, 0.1) is 19.8 Å². The summed E-state index contributed by atoms with van der Waals surface area (Å²) < 4.78 is 5.40. The Hall–Kier alpha value is -1.98. The minimum absolute atomic E-state index is 0.0670. The van der Waals surface area contributed by atoms with Crippen LogP contribution in [-0.2, 0) is 4.74 Å². The van der Waals surface area contributed by atoms with Gasteiger partial charge in [-0.1, -0.05) is 0 Å². The van der Waals surface area contributed by atoms with E-state index < -0.39 is 5.60 Å². The van der Waals surface area contributed by atoms with Gasteiger partial charge in [0.25, 0.3) is 5.91 Å². The van der Waals surface area contributed by atoms with Gasteiger partial charge in [0.1, 0.15) is 11.3 Å². The zero-order valence-electron chi connectivity index (χ0n) is 15.4. The van der Waals surface area contributed by atoms with E-state index in [1.54, 1.807) is 4.90 Å². The molecule has 0 bridgehead atoms. The van der Waals surface area contributed by atoms with Gasteiger partial charge in [-0.05, 0) is 65.0 Å². The monoisotopic (exact) mass is 335 g/mol. The lowest BCUT2D eigenvalue weighted by molar-refractivity contribution is 0.0287. The summed E-state index contributed by atoms with van der Waals surface area (Å²) in [6, 6.07) is 1.96. The van der Waals surface area contributed by atoms with Crippen LogP contribution in [0.2, 0.25) is 0 Å². The fourth-order valence-corrected chi connectivity index (χ4v) is 3.00. The Labute approximate surface area is 143 Å². The van der Waals surface area contributed by atoms with E-state index in [9.17, 15) is 9.59 Å². The minimum atomic E-state index is -0.463. The van der Waals surface area contributed by atoms with Crippen molar-refractivity contribution < 1.29 is 14.3 Å². The molecule has 0 aromatic carbocycles. The average Bonchev–Trinajstić information content (AvgIpc) is 3.03. The highest BCUT2D eigenvalue weighted by Gasteiger charge is 2.29. The predicted octanol–water partition coefficient (Wildman–Crippen LogP) is 3.01. The van der Waals surface area contributed by atoms with E-state index in [-0.39, 0.29) is 12.0 Å². The van der Waals surface area contributed by atoms with Crippen LogP contribution in [-0.4, -0.2) is 47.1 Å². The molecule has 1 saturated heterocycles. The van der Waals surface area contributed by atoms with Crippen LogP contribution in [0.4, 0.5) is 4.79 Å². The van der Waals surface area contributed by atoms with Crippen molar-refractivity contribution in [1.82, 2.24) is 15.2 Å². The maximum atomic E-state index is 12.2. The van der Waals surface area contributed by atoms with Crippen molar-refractivity contribution in [3.8, 4) is 0 Å². The second-order valence-corrected chi connectivity index (χ2v) is 7.64. The van der Waals surface area contributed by atoms with Gasteiger partial charge in [0, 0.05) is 25.3 Å². The maximum absolute atomic E-state index is 12.2. The Kier molecular flexibility index (Phi) is 5.57. The molecule has 2 N–H and O–H groups in total. The summed E-state index contributed by atoms with van der Waals surface area (Å²) in [6.07, 6.45) is 1.58. The molecule has 1 aliphatic heterocycles. The molecular weight excluding hydrogens is 306 g/mol. The molecule has 2 heterocycles. The summed E-state index contributed by atoms with van der Waals surface area (Å²) in [5.41, 5.74) is 2.12. The van der Waals surface area contributed by atoms with Crippen LogP contribution in [0.3, 0.4) is 0 Å². The smallest absolute Gasteiger partial charge is 0.410 e. The van der Waals surface area contributed by atoms with Gasteiger partial charge >= 0.3 is 6.09 Å². The fourth-order valence-electron chi connectivity index (χ4n) is 3.00. The van der Waals surface area contributed by atoms with Gasteiger partial charge in [-0.3, -0.25) is 4.79 Å². The number of hydrogen-bond donors (Lipinski definition) is 2. The lowest BCUT2D eigenvalue weighted by Crippen LogP contribution is -2.35. The molecule has 6 heteroatoms. The molecule has 24 heavy (non-hydrogen) atoms. The van der Waals surface area contributed by atoms with Gasteiger partial charge < -0.3 is 19.9 Å². The van der Waals surface area contributed by atoms with Crippen molar-refractivity contribution in [1.29, 1.82) is 0 Å². The first-order valence-electron chi connectivity index (χ1n) is 8.58. The highest BCUT2D eigenvalue weighted by molar-refractivity contribution is 5.93. The molecule has 2 rings (SSSR count). The number of H-pyrrole nitrogens is 1. The third-order valence-electron chi connectivity index (χ3n) is 4.15. The summed E-state index contributed by atoms with van der Waals surface area (Å²) in [5, 5.41) is 2.96. The van der Waals surface area contributed by atoms with Gasteiger partial charge in [-0.2, -0.15) is 0 Å². The first kappa shape index (κ1) is 18.4. The van der Waals surface area contributed by atoms with E-state index in [2.05, 4.69) is 10.3 Å². The van der Waals surface area contributed by atoms with E-state index in [0.29, 0.717) is 24.7 Å². The maximum Gasteiger partial charge on any atom is 0.410 e. The van der Waals surface area contributed by atoms with Gasteiger partial charge in [0.05, 0.1) is 0 Å². The molecule has 0 saturated carbocycles. The van der Waals surface area contributed by atoms with E-state index >= 15 is 0 Å². The third kappa shape index (κ3) is 5.01. The van der Waals surface area contributed by atoms with Gasteiger partial charge in [0.2, 0.25) is 0 Å². The van der Waals surface area contributed by atoms with E-state index in [0.717, 1.165) is 30.6 Å². The van der Waals surface area contributed by atoms with Crippen molar-refractivity contribution in [2.24, 2.45) is 5.92 Å². The lowest BCUT2D eigenvalue weighted by atomic mass is 10.1. The largest absolute Gasteiger partial charge is 0.444 e. The molecule has 0 spiro atoms. The lowest BCUT2D eigenvalue weighted by Gasteiger charge is -2.24. The number of likely N-dealkylation sites (tertiary alicyclic amines) is 1. The summed E-state index contributed by atoms with van der Waals surface area (Å²) >= 11 is 0. The molecule has 0 radical (unpaired) electrons. The van der Waals surface area contributed by atoms with Crippen LogP contribution in [0.25, 0.3) is 0 Å². The highest BCUT2D eigenvalue weighted by atomic mass is 16.6. The number of aromatic nitrogens is 1. The third-order valence-corrected chi connectivity index (χ3v) is 4.15. The number of carbonyl (C=O) groups excluding carboxylic acids is 2. The number of nitrogens with one attached hydrogen (secondary N) is 2. The summed E-state index contributed by atoms with van der Waals surface area (Å²) in [6.45, 7) is 11.5. The van der Waals surface area contributed by atoms with Crippen LogP contribution in [0.5, 0.6) is 0 Å². The SMILES string of the molecule is Cc1cc(C)c(C(=O)NCC[C@@H]2CCN(C(=O)OC(C)(C)C)C2)[nH]1. The van der Waals surface area contributed by atoms with Crippen molar-refractivity contribution in [2.45, 2.75) is 53.1 Å². The summed E-state index contributed by atoms with van der Waals surface area (Å²) in [7, 11) is 0. The number of aryl methyl sites for hydroxylation is 2. The topological polar surface area (TPSA) is 74.4 Å². The molecule has 1 fully saturated rings. The molecule has 134 valence electrons. The molecule has 6 nitrogen and oxygen atoms in total. The zero-order chi connectivity index (χ0) is 17.9. The second kappa shape index (κ2) is 7.28.